The number of ether oxygens (including phenoxy) is 1. The standard InChI is InChI=1S/C22H18N2O3S/c1-14-6-8-16(9-7-14)18-12-28-20-19(18)21(25)24(13-23-20)11-15-4-3-5-17(10-15)22(26)27-2/h3-10,12-13H,11H2,1-2H3. The molecule has 0 spiro atoms. The summed E-state index contributed by atoms with van der Waals surface area (Å²) in [6.45, 7) is 2.36. The van der Waals surface area contributed by atoms with Gasteiger partial charge in [-0.25, -0.2) is 9.78 Å². The van der Waals surface area contributed by atoms with Crippen molar-refractivity contribution < 1.29 is 9.53 Å². The Morgan fingerprint density at radius 1 is 1.18 bits per heavy atom. The Kier molecular flexibility index (Phi) is 4.79. The van der Waals surface area contributed by atoms with Crippen LogP contribution in [-0.2, 0) is 11.3 Å². The molecule has 140 valence electrons. The van der Waals surface area contributed by atoms with E-state index in [0.29, 0.717) is 17.5 Å². The number of hydrogen-bond acceptors (Lipinski definition) is 5. The van der Waals surface area contributed by atoms with E-state index in [1.165, 1.54) is 24.0 Å². The van der Waals surface area contributed by atoms with Crippen LogP contribution in [0.25, 0.3) is 21.3 Å². The van der Waals surface area contributed by atoms with Crippen molar-refractivity contribution in [1.29, 1.82) is 0 Å². The molecule has 0 aliphatic heterocycles. The fourth-order valence-electron chi connectivity index (χ4n) is 3.14. The van der Waals surface area contributed by atoms with E-state index in [0.717, 1.165) is 21.5 Å². The Balaban J connectivity index is 1.76. The molecule has 28 heavy (non-hydrogen) atoms. The molecule has 2 aromatic heterocycles. The summed E-state index contributed by atoms with van der Waals surface area (Å²) in [6.07, 6.45) is 1.56. The van der Waals surface area contributed by atoms with Gasteiger partial charge in [0.2, 0.25) is 0 Å². The molecule has 6 heteroatoms. The van der Waals surface area contributed by atoms with Gasteiger partial charge in [-0.3, -0.25) is 9.36 Å². The Hall–Kier alpha value is -3.25. The third kappa shape index (κ3) is 3.34. The number of benzene rings is 2. The van der Waals surface area contributed by atoms with Gasteiger partial charge in [0.15, 0.2) is 0 Å². The number of rotatable bonds is 4. The maximum atomic E-state index is 13.2. The number of fused-ring (bicyclic) bond motifs is 1. The number of carbonyl (C=O) groups is 1. The second-order valence-corrected chi connectivity index (χ2v) is 7.42. The van der Waals surface area contributed by atoms with Crippen molar-refractivity contribution in [2.24, 2.45) is 0 Å². The summed E-state index contributed by atoms with van der Waals surface area (Å²) in [5, 5.41) is 2.60. The highest BCUT2D eigenvalue weighted by Gasteiger charge is 2.14. The largest absolute Gasteiger partial charge is 0.465 e. The smallest absolute Gasteiger partial charge is 0.337 e. The average molecular weight is 390 g/mol. The number of aromatic nitrogens is 2. The van der Waals surface area contributed by atoms with E-state index in [1.807, 2.05) is 42.6 Å². The Bertz CT molecular complexity index is 1220. The summed E-state index contributed by atoms with van der Waals surface area (Å²) in [4.78, 5) is 30.1. The van der Waals surface area contributed by atoms with Crippen molar-refractivity contribution in [3.05, 3.63) is 87.3 Å². The monoisotopic (exact) mass is 390 g/mol. The van der Waals surface area contributed by atoms with E-state index >= 15 is 0 Å². The second-order valence-electron chi connectivity index (χ2n) is 6.57. The molecule has 0 N–H and O–H groups in total. The van der Waals surface area contributed by atoms with Gasteiger partial charge in [-0.05, 0) is 30.2 Å². The van der Waals surface area contributed by atoms with Crippen LogP contribution >= 0.6 is 11.3 Å². The van der Waals surface area contributed by atoms with Crippen LogP contribution in [0.5, 0.6) is 0 Å². The van der Waals surface area contributed by atoms with Crippen LogP contribution in [0.15, 0.2) is 65.0 Å². The average Bonchev–Trinajstić information content (AvgIpc) is 3.15. The van der Waals surface area contributed by atoms with Gasteiger partial charge in [-0.1, -0.05) is 42.0 Å². The lowest BCUT2D eigenvalue weighted by Gasteiger charge is -2.08. The quantitative estimate of drug-likeness (QED) is 0.488. The molecule has 2 aromatic carbocycles. The van der Waals surface area contributed by atoms with Crippen molar-refractivity contribution in [2.75, 3.05) is 7.11 Å². The minimum Gasteiger partial charge on any atom is -0.465 e. The van der Waals surface area contributed by atoms with E-state index in [4.69, 9.17) is 4.74 Å². The predicted octanol–water partition coefficient (Wildman–Crippen LogP) is 4.27. The minimum absolute atomic E-state index is 0.0923. The second kappa shape index (κ2) is 7.40. The number of esters is 1. The molecular weight excluding hydrogens is 372 g/mol. The number of thiophene rings is 1. The van der Waals surface area contributed by atoms with E-state index in [2.05, 4.69) is 4.98 Å². The number of methoxy groups -OCH3 is 1. The number of carbonyl (C=O) groups excluding carboxylic acids is 1. The molecule has 0 radical (unpaired) electrons. The Morgan fingerprint density at radius 3 is 2.71 bits per heavy atom. The zero-order valence-electron chi connectivity index (χ0n) is 15.5. The van der Waals surface area contributed by atoms with E-state index in [-0.39, 0.29) is 5.56 Å². The van der Waals surface area contributed by atoms with Gasteiger partial charge in [0.1, 0.15) is 4.83 Å². The van der Waals surface area contributed by atoms with Gasteiger partial charge in [0.25, 0.3) is 5.56 Å². The van der Waals surface area contributed by atoms with Crippen LogP contribution in [0, 0.1) is 6.92 Å². The minimum atomic E-state index is -0.401. The number of aryl methyl sites for hydroxylation is 1. The molecule has 0 bridgehead atoms. The molecule has 0 aliphatic rings. The van der Waals surface area contributed by atoms with Gasteiger partial charge in [0, 0.05) is 10.9 Å². The lowest BCUT2D eigenvalue weighted by molar-refractivity contribution is 0.0600. The van der Waals surface area contributed by atoms with Gasteiger partial charge >= 0.3 is 5.97 Å². The number of hydrogen-bond donors (Lipinski definition) is 0. The maximum Gasteiger partial charge on any atom is 0.337 e. The number of nitrogens with zero attached hydrogens (tertiary/aromatic N) is 2. The van der Waals surface area contributed by atoms with Gasteiger partial charge in [-0.15, -0.1) is 11.3 Å². The summed E-state index contributed by atoms with van der Waals surface area (Å²) in [7, 11) is 1.35. The highest BCUT2D eigenvalue weighted by Crippen LogP contribution is 2.30. The molecule has 0 saturated heterocycles. The van der Waals surface area contributed by atoms with Crippen molar-refractivity contribution in [3.8, 4) is 11.1 Å². The molecule has 0 saturated carbocycles. The third-order valence-corrected chi connectivity index (χ3v) is 5.51. The molecule has 0 unspecified atom stereocenters. The molecule has 0 amide bonds. The van der Waals surface area contributed by atoms with E-state index in [9.17, 15) is 9.59 Å². The molecule has 2 heterocycles. The first kappa shape index (κ1) is 18.1. The highest BCUT2D eigenvalue weighted by molar-refractivity contribution is 7.17. The summed E-state index contributed by atoms with van der Waals surface area (Å²) in [5.74, 6) is -0.401. The third-order valence-electron chi connectivity index (χ3n) is 4.62. The normalized spacial score (nSPS) is 10.9. The van der Waals surface area contributed by atoms with Crippen molar-refractivity contribution in [3.63, 3.8) is 0 Å². The lowest BCUT2D eigenvalue weighted by Crippen LogP contribution is -2.21. The molecule has 0 fully saturated rings. The first-order valence-corrected chi connectivity index (χ1v) is 9.65. The van der Waals surface area contributed by atoms with Crippen LogP contribution < -0.4 is 5.56 Å². The molecule has 5 nitrogen and oxygen atoms in total. The first-order valence-electron chi connectivity index (χ1n) is 8.78. The lowest BCUT2D eigenvalue weighted by atomic mass is 10.0. The van der Waals surface area contributed by atoms with E-state index in [1.54, 1.807) is 29.1 Å². The van der Waals surface area contributed by atoms with Crippen molar-refractivity contribution in [2.45, 2.75) is 13.5 Å². The molecular formula is C22H18N2O3S. The van der Waals surface area contributed by atoms with Crippen LogP contribution in [-0.4, -0.2) is 22.6 Å². The van der Waals surface area contributed by atoms with Crippen LogP contribution in [0.3, 0.4) is 0 Å². The van der Waals surface area contributed by atoms with Gasteiger partial charge in [0.05, 0.1) is 30.9 Å². The van der Waals surface area contributed by atoms with E-state index < -0.39 is 5.97 Å². The molecule has 0 atom stereocenters. The van der Waals surface area contributed by atoms with Gasteiger partial charge < -0.3 is 4.74 Å². The molecule has 4 aromatic rings. The summed E-state index contributed by atoms with van der Waals surface area (Å²) < 4.78 is 6.34. The van der Waals surface area contributed by atoms with Crippen molar-refractivity contribution in [1.82, 2.24) is 9.55 Å². The van der Waals surface area contributed by atoms with Crippen LogP contribution in [0.4, 0.5) is 0 Å². The Labute approximate surface area is 165 Å². The summed E-state index contributed by atoms with van der Waals surface area (Å²) >= 11 is 1.47. The van der Waals surface area contributed by atoms with Gasteiger partial charge in [-0.2, -0.15) is 0 Å². The molecule has 4 rings (SSSR count). The summed E-state index contributed by atoms with van der Waals surface area (Å²) in [6, 6.07) is 15.2. The zero-order valence-corrected chi connectivity index (χ0v) is 16.3. The topological polar surface area (TPSA) is 61.2 Å². The predicted molar refractivity (Wildman–Crippen MR) is 111 cm³/mol. The molecule has 0 aliphatic carbocycles. The fraction of sp³-hybridized carbons (Fsp3) is 0.136. The first-order chi connectivity index (χ1) is 13.6. The zero-order chi connectivity index (χ0) is 19.7. The maximum absolute atomic E-state index is 13.2. The highest BCUT2D eigenvalue weighted by atomic mass is 32.1. The SMILES string of the molecule is COC(=O)c1cccc(Cn2cnc3scc(-c4ccc(C)cc4)c3c2=O)c1. The van der Waals surface area contributed by atoms with Crippen molar-refractivity contribution >= 4 is 27.5 Å². The summed E-state index contributed by atoms with van der Waals surface area (Å²) in [5.41, 5.74) is 4.27. The Morgan fingerprint density at radius 2 is 1.96 bits per heavy atom. The van der Waals surface area contributed by atoms with Crippen LogP contribution in [0.2, 0.25) is 0 Å². The van der Waals surface area contributed by atoms with Crippen LogP contribution in [0.1, 0.15) is 21.5 Å². The fourth-order valence-corrected chi connectivity index (χ4v) is 4.04.